The Kier molecular flexibility index (Phi) is 4.88. The van der Waals surface area contributed by atoms with Crippen LogP contribution in [0.25, 0.3) is 0 Å². The summed E-state index contributed by atoms with van der Waals surface area (Å²) in [7, 11) is -2.08. The van der Waals surface area contributed by atoms with Crippen LogP contribution in [0.5, 0.6) is 17.2 Å². The van der Waals surface area contributed by atoms with Gasteiger partial charge in [0, 0.05) is 11.1 Å². The van der Waals surface area contributed by atoms with Crippen molar-refractivity contribution in [1.82, 2.24) is 0 Å². The van der Waals surface area contributed by atoms with E-state index in [2.05, 4.69) is 0 Å². The lowest BCUT2D eigenvalue weighted by molar-refractivity contribution is 0.337. The van der Waals surface area contributed by atoms with Crippen LogP contribution in [0.3, 0.4) is 0 Å². The molecular formula is C13H20O6S. The van der Waals surface area contributed by atoms with Crippen LogP contribution in [0.15, 0.2) is 4.90 Å². The summed E-state index contributed by atoms with van der Waals surface area (Å²) in [6.07, 6.45) is 0.716. The van der Waals surface area contributed by atoms with Crippen molar-refractivity contribution in [3.8, 4) is 17.2 Å². The highest BCUT2D eigenvalue weighted by molar-refractivity contribution is 7.86. The van der Waals surface area contributed by atoms with Crippen LogP contribution in [0.4, 0.5) is 0 Å². The molecular weight excluding hydrogens is 284 g/mol. The van der Waals surface area contributed by atoms with Crippen LogP contribution in [0.2, 0.25) is 0 Å². The van der Waals surface area contributed by atoms with Gasteiger partial charge in [-0.25, -0.2) is 0 Å². The number of ether oxygens (including phenoxy) is 2. The molecule has 114 valence electrons. The molecule has 0 bridgehead atoms. The van der Waals surface area contributed by atoms with E-state index < -0.39 is 15.0 Å². The summed E-state index contributed by atoms with van der Waals surface area (Å²) in [4.78, 5) is -0.541. The zero-order valence-corrected chi connectivity index (χ0v) is 13.0. The van der Waals surface area contributed by atoms with Crippen molar-refractivity contribution in [2.75, 3.05) is 14.2 Å². The monoisotopic (exact) mass is 304 g/mol. The van der Waals surface area contributed by atoms with E-state index in [1.807, 2.05) is 13.8 Å². The molecule has 0 fully saturated rings. The van der Waals surface area contributed by atoms with Gasteiger partial charge < -0.3 is 14.6 Å². The molecule has 0 aliphatic carbocycles. The summed E-state index contributed by atoms with van der Waals surface area (Å²) >= 11 is 0. The van der Waals surface area contributed by atoms with Crippen molar-refractivity contribution >= 4 is 10.1 Å². The van der Waals surface area contributed by atoms with Crippen LogP contribution < -0.4 is 9.47 Å². The molecule has 0 aliphatic rings. The summed E-state index contributed by atoms with van der Waals surface area (Å²) in [6, 6.07) is 0. The lowest BCUT2D eigenvalue weighted by Crippen LogP contribution is -2.10. The fourth-order valence-corrected chi connectivity index (χ4v) is 3.07. The molecule has 0 amide bonds. The maximum atomic E-state index is 11.6. The third-order valence-corrected chi connectivity index (χ3v) is 4.29. The van der Waals surface area contributed by atoms with E-state index in [1.165, 1.54) is 14.2 Å². The highest BCUT2D eigenvalue weighted by Gasteiger charge is 2.32. The second-order valence-corrected chi connectivity index (χ2v) is 5.93. The van der Waals surface area contributed by atoms with Crippen molar-refractivity contribution in [1.29, 1.82) is 0 Å². The number of phenols is 1. The highest BCUT2D eigenvalue weighted by atomic mass is 32.2. The lowest BCUT2D eigenvalue weighted by atomic mass is 9.92. The Hall–Kier alpha value is -1.47. The Morgan fingerprint density at radius 1 is 1.20 bits per heavy atom. The predicted octanol–water partition coefficient (Wildman–Crippen LogP) is 2.48. The first-order valence-corrected chi connectivity index (χ1v) is 7.59. The van der Waals surface area contributed by atoms with E-state index in [4.69, 9.17) is 9.47 Å². The fourth-order valence-electron chi connectivity index (χ4n) is 2.22. The first-order chi connectivity index (χ1) is 9.20. The second kappa shape index (κ2) is 5.88. The normalized spacial score (nSPS) is 13.1. The Morgan fingerprint density at radius 3 is 2.05 bits per heavy atom. The van der Waals surface area contributed by atoms with Gasteiger partial charge >= 0.3 is 10.1 Å². The van der Waals surface area contributed by atoms with Gasteiger partial charge in [-0.2, -0.15) is 8.42 Å². The Balaban J connectivity index is 3.95. The first kappa shape index (κ1) is 16.6. The summed E-state index contributed by atoms with van der Waals surface area (Å²) in [6.45, 7) is 5.46. The third-order valence-electron chi connectivity index (χ3n) is 3.40. The summed E-state index contributed by atoms with van der Waals surface area (Å²) < 4.78 is 42.7. The van der Waals surface area contributed by atoms with Gasteiger partial charge in [0.05, 0.1) is 14.2 Å². The average molecular weight is 304 g/mol. The van der Waals surface area contributed by atoms with Gasteiger partial charge in [0.25, 0.3) is 0 Å². The summed E-state index contributed by atoms with van der Waals surface area (Å²) in [5.41, 5.74) is 1.02. The first-order valence-electron chi connectivity index (χ1n) is 6.15. The van der Waals surface area contributed by atoms with Gasteiger partial charge in [0.1, 0.15) is 5.75 Å². The molecule has 20 heavy (non-hydrogen) atoms. The average Bonchev–Trinajstić information content (AvgIpc) is 2.38. The van der Waals surface area contributed by atoms with E-state index in [1.54, 1.807) is 6.92 Å². The van der Waals surface area contributed by atoms with Crippen molar-refractivity contribution in [2.45, 2.75) is 38.0 Å². The quantitative estimate of drug-likeness (QED) is 0.812. The van der Waals surface area contributed by atoms with Crippen LogP contribution >= 0.6 is 0 Å². The molecule has 1 unspecified atom stereocenters. The van der Waals surface area contributed by atoms with Gasteiger partial charge in [-0.05, 0) is 19.3 Å². The minimum absolute atomic E-state index is 0.00833. The van der Waals surface area contributed by atoms with E-state index in [9.17, 15) is 18.1 Å². The van der Waals surface area contributed by atoms with Gasteiger partial charge in [-0.3, -0.25) is 4.55 Å². The van der Waals surface area contributed by atoms with E-state index in [0.717, 1.165) is 0 Å². The number of methoxy groups -OCH3 is 2. The molecule has 1 atom stereocenters. The largest absolute Gasteiger partial charge is 0.504 e. The minimum atomic E-state index is -4.60. The number of hydrogen-bond donors (Lipinski definition) is 2. The summed E-state index contributed by atoms with van der Waals surface area (Å²) in [5, 5.41) is 10.1. The lowest BCUT2D eigenvalue weighted by Gasteiger charge is -2.22. The minimum Gasteiger partial charge on any atom is -0.504 e. The van der Waals surface area contributed by atoms with Gasteiger partial charge in [0.15, 0.2) is 16.4 Å². The van der Waals surface area contributed by atoms with Gasteiger partial charge in [-0.15, -0.1) is 0 Å². The predicted molar refractivity (Wildman–Crippen MR) is 74.5 cm³/mol. The zero-order chi connectivity index (χ0) is 15.7. The maximum absolute atomic E-state index is 11.6. The Morgan fingerprint density at radius 2 is 1.70 bits per heavy atom. The zero-order valence-electron chi connectivity index (χ0n) is 12.2. The number of rotatable bonds is 5. The molecule has 0 spiro atoms. The van der Waals surface area contributed by atoms with Crippen molar-refractivity contribution in [3.63, 3.8) is 0 Å². The van der Waals surface area contributed by atoms with Gasteiger partial charge in [0.2, 0.25) is 0 Å². The number of phenolic OH excluding ortho intramolecular Hbond substituents is 1. The molecule has 1 aromatic carbocycles. The summed E-state index contributed by atoms with van der Waals surface area (Å²) in [5.74, 6) is -0.665. The molecule has 6 nitrogen and oxygen atoms in total. The molecule has 0 radical (unpaired) electrons. The molecule has 2 N–H and O–H groups in total. The van der Waals surface area contributed by atoms with Crippen molar-refractivity contribution in [3.05, 3.63) is 11.1 Å². The van der Waals surface area contributed by atoms with Crippen LogP contribution in [0, 0.1) is 6.92 Å². The van der Waals surface area contributed by atoms with E-state index in [0.29, 0.717) is 17.5 Å². The molecule has 1 rings (SSSR count). The molecule has 0 aliphatic heterocycles. The number of benzene rings is 1. The Bertz CT molecular complexity index is 606. The van der Waals surface area contributed by atoms with E-state index in [-0.39, 0.29) is 23.2 Å². The molecule has 0 aromatic heterocycles. The molecule has 0 saturated heterocycles. The maximum Gasteiger partial charge on any atom is 0.302 e. The van der Waals surface area contributed by atoms with Crippen LogP contribution in [0.1, 0.15) is 37.3 Å². The fraction of sp³-hybridized carbons (Fsp3) is 0.538. The van der Waals surface area contributed by atoms with Crippen LogP contribution in [-0.2, 0) is 10.1 Å². The number of aromatic hydroxyl groups is 1. The molecule has 0 saturated carbocycles. The second-order valence-electron chi connectivity index (χ2n) is 4.57. The molecule has 7 heteroatoms. The highest BCUT2D eigenvalue weighted by Crippen LogP contribution is 2.48. The Labute approximate surface area is 119 Å². The van der Waals surface area contributed by atoms with Crippen molar-refractivity contribution in [2.24, 2.45) is 0 Å². The standard InChI is InChI=1S/C13H20O6S/c1-6-7(2)9-8(3)10(14)12(19-5)13(11(9)18-4)20(15,16)17/h7,14H,6H2,1-5H3,(H,15,16,17). The topological polar surface area (TPSA) is 93.1 Å². The SMILES string of the molecule is CCC(C)c1c(C)c(O)c(OC)c(S(=O)(=O)O)c1OC. The van der Waals surface area contributed by atoms with Gasteiger partial charge in [-0.1, -0.05) is 13.8 Å². The molecule has 1 aromatic rings. The smallest absolute Gasteiger partial charge is 0.302 e. The van der Waals surface area contributed by atoms with Crippen molar-refractivity contribution < 1.29 is 27.6 Å². The number of hydrogen-bond acceptors (Lipinski definition) is 5. The third kappa shape index (κ3) is 2.69. The molecule has 0 heterocycles. The van der Waals surface area contributed by atoms with Crippen LogP contribution in [-0.4, -0.2) is 32.3 Å². The van der Waals surface area contributed by atoms with E-state index >= 15 is 0 Å².